The number of hydrogen-bond acceptors (Lipinski definition) is 5. The van der Waals surface area contributed by atoms with Crippen LogP contribution in [0.1, 0.15) is 47.5 Å². The lowest BCUT2D eigenvalue weighted by Crippen LogP contribution is -2.63. The fourth-order valence-electron chi connectivity index (χ4n) is 3.28. The molecule has 1 unspecified atom stereocenters. The van der Waals surface area contributed by atoms with E-state index >= 15 is 0 Å². The maximum Gasteiger partial charge on any atom is 0.341 e. The van der Waals surface area contributed by atoms with Gasteiger partial charge in [0, 0.05) is 23.0 Å². The number of urea groups is 1. The first-order valence-electron chi connectivity index (χ1n) is 8.19. The monoisotopic (exact) mass is 376 g/mol. The van der Waals surface area contributed by atoms with Crippen molar-refractivity contribution in [3.8, 4) is 0 Å². The first-order chi connectivity index (χ1) is 11.4. The Hall–Kier alpha value is -1.45. The number of rotatable bonds is 6. The molecule has 0 bridgehead atoms. The Morgan fingerprint density at radius 1 is 1.28 bits per heavy atom. The lowest BCUT2D eigenvalue weighted by Gasteiger charge is -2.50. The minimum absolute atomic E-state index is 0.0461. The van der Waals surface area contributed by atoms with Gasteiger partial charge in [0.1, 0.15) is 6.04 Å². The minimum atomic E-state index is -0.858. The second-order valence-corrected chi connectivity index (χ2v) is 7.98. The third kappa shape index (κ3) is 5.52. The van der Waals surface area contributed by atoms with Crippen molar-refractivity contribution in [2.45, 2.75) is 70.6 Å². The molecule has 1 aliphatic heterocycles. The van der Waals surface area contributed by atoms with Crippen molar-refractivity contribution in [1.82, 2.24) is 20.7 Å². The van der Waals surface area contributed by atoms with Gasteiger partial charge in [-0.15, -0.1) is 26.8 Å². The van der Waals surface area contributed by atoms with E-state index in [1.165, 1.54) is 6.92 Å². The van der Waals surface area contributed by atoms with Crippen molar-refractivity contribution in [3.05, 3.63) is 4.91 Å². The molecule has 2 N–H and O–H groups in total. The molecule has 1 aliphatic rings. The Morgan fingerprint density at radius 3 is 2.24 bits per heavy atom. The molecule has 1 heterocycles. The van der Waals surface area contributed by atoms with Gasteiger partial charge in [-0.2, -0.15) is 5.01 Å². The molecule has 143 valence electrons. The number of amides is 3. The lowest BCUT2D eigenvalue weighted by atomic mass is 9.79. The molecule has 0 spiro atoms. The number of carbonyl (C=O) groups is 2. The first kappa shape index (κ1) is 21.6. The minimum Gasteiger partial charge on any atom is -0.351 e. The van der Waals surface area contributed by atoms with E-state index in [1.54, 1.807) is 0 Å². The summed E-state index contributed by atoms with van der Waals surface area (Å²) in [7, 11) is 0. The van der Waals surface area contributed by atoms with Crippen LogP contribution in [0, 0.1) is 4.91 Å². The zero-order valence-corrected chi connectivity index (χ0v) is 16.1. The predicted octanol–water partition coefficient (Wildman–Crippen LogP) is 1.79. The Balaban J connectivity index is 2.66. The van der Waals surface area contributed by atoms with Crippen molar-refractivity contribution in [3.63, 3.8) is 0 Å². The van der Waals surface area contributed by atoms with Crippen molar-refractivity contribution < 1.29 is 14.8 Å². The van der Waals surface area contributed by atoms with Gasteiger partial charge in [-0.3, -0.25) is 4.79 Å². The van der Waals surface area contributed by atoms with E-state index in [0.29, 0.717) is 17.9 Å². The molecule has 3 amide bonds. The highest BCUT2D eigenvalue weighted by Crippen LogP contribution is 2.36. The molecule has 0 aromatic rings. The van der Waals surface area contributed by atoms with Gasteiger partial charge in [-0.05, 0) is 47.5 Å². The summed E-state index contributed by atoms with van der Waals surface area (Å²) in [4.78, 5) is 34.8. The summed E-state index contributed by atoms with van der Waals surface area (Å²) in [6.07, 6.45) is 1.00. The smallest absolute Gasteiger partial charge is 0.341 e. The van der Waals surface area contributed by atoms with Crippen molar-refractivity contribution in [2.24, 2.45) is 5.29 Å². The average Bonchev–Trinajstić information content (AvgIpc) is 2.49. The molecule has 10 heteroatoms. The summed E-state index contributed by atoms with van der Waals surface area (Å²) in [5, 5.41) is 21.9. The molecule has 1 radical (unpaired) electrons. The quantitative estimate of drug-likeness (QED) is 0.417. The highest BCUT2D eigenvalue weighted by atomic mass is 35.5. The van der Waals surface area contributed by atoms with Crippen LogP contribution in [0.2, 0.25) is 0 Å². The summed E-state index contributed by atoms with van der Waals surface area (Å²) in [5.41, 5.74) is -1.21. The summed E-state index contributed by atoms with van der Waals surface area (Å²) in [5.74, 6) is -0.335. The van der Waals surface area contributed by atoms with Crippen LogP contribution >= 0.6 is 11.6 Å². The van der Waals surface area contributed by atoms with Crippen molar-refractivity contribution in [1.29, 1.82) is 0 Å². The van der Waals surface area contributed by atoms with Crippen LogP contribution in [-0.4, -0.2) is 57.6 Å². The number of nitrogens with one attached hydrogen (secondary N) is 2. The van der Waals surface area contributed by atoms with Crippen molar-refractivity contribution in [2.75, 3.05) is 12.4 Å². The molecular formula is C15H27ClN5O4. The van der Waals surface area contributed by atoms with Crippen LogP contribution in [-0.2, 0) is 10.0 Å². The van der Waals surface area contributed by atoms with Gasteiger partial charge in [0.15, 0.2) is 0 Å². The van der Waals surface area contributed by atoms with Gasteiger partial charge in [0.25, 0.3) is 0 Å². The number of halogens is 1. The van der Waals surface area contributed by atoms with Crippen LogP contribution in [0.5, 0.6) is 0 Å². The topological polar surface area (TPSA) is 114 Å². The summed E-state index contributed by atoms with van der Waals surface area (Å²) < 4.78 is 0. The Bertz CT molecular complexity index is 496. The zero-order chi connectivity index (χ0) is 19.4. The van der Waals surface area contributed by atoms with Gasteiger partial charge in [0.2, 0.25) is 5.91 Å². The third-order valence-corrected chi connectivity index (χ3v) is 4.47. The third-order valence-electron chi connectivity index (χ3n) is 4.30. The standard InChI is InChI=1S/C15H27ClN5O4/c1-10(17-13(23)20(19-24)7-6-16)12(22)18-11-8-14(2,3)21(25)15(4,5)9-11/h10-11H,6-9H2,1-5H3,(H,17,23)(H,18,22). The molecule has 1 saturated heterocycles. The number of carbonyl (C=O) groups excluding carboxylic acids is 2. The second kappa shape index (κ2) is 8.29. The number of hydroxylamine groups is 2. The van der Waals surface area contributed by atoms with Crippen molar-refractivity contribution >= 4 is 23.5 Å². The van der Waals surface area contributed by atoms with E-state index in [4.69, 9.17) is 11.6 Å². The van der Waals surface area contributed by atoms with E-state index in [2.05, 4.69) is 15.9 Å². The number of alkyl halides is 1. The van der Waals surface area contributed by atoms with Crippen LogP contribution in [0.25, 0.3) is 0 Å². The molecule has 1 atom stereocenters. The Kier molecular flexibility index (Phi) is 7.16. The number of hydrogen-bond donors (Lipinski definition) is 2. The summed E-state index contributed by atoms with van der Waals surface area (Å²) in [6.45, 7) is 8.82. The number of nitroso groups, excluding NO2 is 1. The molecule has 25 heavy (non-hydrogen) atoms. The highest BCUT2D eigenvalue weighted by Gasteiger charge is 2.46. The van der Waals surface area contributed by atoms with Crippen LogP contribution in [0.15, 0.2) is 5.29 Å². The molecular weight excluding hydrogens is 350 g/mol. The maximum absolute atomic E-state index is 12.3. The van der Waals surface area contributed by atoms with Gasteiger partial charge in [-0.25, -0.2) is 4.79 Å². The fraction of sp³-hybridized carbons (Fsp3) is 0.867. The van der Waals surface area contributed by atoms with Gasteiger partial charge < -0.3 is 10.6 Å². The molecule has 9 nitrogen and oxygen atoms in total. The fourth-order valence-corrected chi connectivity index (χ4v) is 3.44. The van der Waals surface area contributed by atoms with E-state index in [-0.39, 0.29) is 24.4 Å². The van der Waals surface area contributed by atoms with Crippen LogP contribution in [0.3, 0.4) is 0 Å². The first-order valence-corrected chi connectivity index (χ1v) is 8.73. The van der Waals surface area contributed by atoms with Gasteiger partial charge >= 0.3 is 6.03 Å². The normalized spacial score (nSPS) is 21.2. The number of piperidine rings is 1. The van der Waals surface area contributed by atoms with E-state index in [1.807, 2.05) is 27.7 Å². The average molecular weight is 377 g/mol. The lowest BCUT2D eigenvalue weighted by molar-refractivity contribution is -0.290. The molecule has 1 fully saturated rings. The number of nitrogens with zero attached hydrogens (tertiary/aromatic N) is 3. The van der Waals surface area contributed by atoms with Gasteiger partial charge in [0.05, 0.1) is 11.8 Å². The highest BCUT2D eigenvalue weighted by molar-refractivity contribution is 6.18. The zero-order valence-electron chi connectivity index (χ0n) is 15.3. The van der Waals surface area contributed by atoms with E-state index in [9.17, 15) is 19.7 Å². The molecule has 0 aromatic heterocycles. The van der Waals surface area contributed by atoms with E-state index < -0.39 is 23.2 Å². The second-order valence-electron chi connectivity index (χ2n) is 7.60. The SMILES string of the molecule is CC(NC(=O)N(CCCl)N=O)C(=O)NC1CC(C)(C)N([O])C(C)(C)C1. The summed E-state index contributed by atoms with van der Waals surface area (Å²) in [6, 6.07) is -1.83. The molecule has 0 saturated carbocycles. The van der Waals surface area contributed by atoms with Crippen LogP contribution in [0.4, 0.5) is 4.79 Å². The molecule has 0 aliphatic carbocycles. The predicted molar refractivity (Wildman–Crippen MR) is 93.1 cm³/mol. The Labute approximate surface area is 153 Å². The largest absolute Gasteiger partial charge is 0.351 e. The maximum atomic E-state index is 12.3. The Morgan fingerprint density at radius 2 is 1.80 bits per heavy atom. The van der Waals surface area contributed by atoms with Gasteiger partial charge in [-0.1, -0.05) is 0 Å². The van der Waals surface area contributed by atoms with E-state index in [0.717, 1.165) is 5.06 Å². The summed E-state index contributed by atoms with van der Waals surface area (Å²) >= 11 is 5.48. The molecule has 1 rings (SSSR count). The van der Waals surface area contributed by atoms with Crippen LogP contribution < -0.4 is 10.6 Å². The molecule has 0 aromatic carbocycles.